The van der Waals surface area contributed by atoms with Gasteiger partial charge in [-0.1, -0.05) is 6.92 Å². The van der Waals surface area contributed by atoms with Crippen LogP contribution in [0.4, 0.5) is 26.3 Å². The van der Waals surface area contributed by atoms with Crippen molar-refractivity contribution in [2.45, 2.75) is 19.3 Å². The SMILES string of the molecule is CN(C)CC1(C)CNC1.O=C(O)C(F)(F)F.O=C(O)C(F)(F)F. The van der Waals surface area contributed by atoms with E-state index in [0.29, 0.717) is 5.41 Å². The lowest BCUT2D eigenvalue weighted by molar-refractivity contribution is -0.193. The van der Waals surface area contributed by atoms with Crippen molar-refractivity contribution in [2.75, 3.05) is 33.7 Å². The first kappa shape index (κ1) is 23.7. The van der Waals surface area contributed by atoms with Gasteiger partial charge in [-0.25, -0.2) is 9.59 Å². The zero-order chi connectivity index (χ0) is 19.1. The number of alkyl halides is 6. The normalized spacial score (nSPS) is 16.3. The molecule has 0 aromatic carbocycles. The Kier molecular flexibility index (Phi) is 9.18. The smallest absolute Gasteiger partial charge is 0.475 e. The van der Waals surface area contributed by atoms with Gasteiger partial charge in [-0.15, -0.1) is 0 Å². The number of aliphatic carboxylic acids is 2. The van der Waals surface area contributed by atoms with Crippen molar-refractivity contribution in [3.05, 3.63) is 0 Å². The van der Waals surface area contributed by atoms with Crippen LogP contribution >= 0.6 is 0 Å². The Morgan fingerprint density at radius 3 is 1.30 bits per heavy atom. The molecular formula is C11H18F6N2O4. The Bertz CT molecular complexity index is 367. The van der Waals surface area contributed by atoms with E-state index in [4.69, 9.17) is 19.8 Å². The molecule has 6 nitrogen and oxygen atoms in total. The second-order valence-electron chi connectivity index (χ2n) is 5.26. The molecule has 1 aliphatic heterocycles. The van der Waals surface area contributed by atoms with Crippen molar-refractivity contribution in [1.29, 1.82) is 0 Å². The van der Waals surface area contributed by atoms with Crippen LogP contribution in [0.2, 0.25) is 0 Å². The molecule has 1 rings (SSSR count). The van der Waals surface area contributed by atoms with Crippen LogP contribution in [0, 0.1) is 5.41 Å². The predicted octanol–water partition coefficient (Wildman–Crippen LogP) is 1.42. The van der Waals surface area contributed by atoms with Crippen molar-refractivity contribution in [3.8, 4) is 0 Å². The lowest BCUT2D eigenvalue weighted by Crippen LogP contribution is -2.56. The molecule has 1 aliphatic rings. The number of carbonyl (C=O) groups is 2. The van der Waals surface area contributed by atoms with Gasteiger partial charge in [-0.05, 0) is 14.1 Å². The van der Waals surface area contributed by atoms with Crippen molar-refractivity contribution in [1.82, 2.24) is 10.2 Å². The molecule has 0 amide bonds. The second-order valence-corrected chi connectivity index (χ2v) is 5.26. The largest absolute Gasteiger partial charge is 0.490 e. The Morgan fingerprint density at radius 1 is 1.00 bits per heavy atom. The van der Waals surface area contributed by atoms with E-state index in [0.717, 1.165) is 0 Å². The third-order valence-electron chi connectivity index (χ3n) is 2.29. The average Bonchev–Trinajstić information content (AvgIpc) is 2.24. The van der Waals surface area contributed by atoms with Crippen LogP contribution < -0.4 is 5.32 Å². The van der Waals surface area contributed by atoms with E-state index in [2.05, 4.69) is 31.2 Å². The summed E-state index contributed by atoms with van der Waals surface area (Å²) >= 11 is 0. The third kappa shape index (κ3) is 12.6. The molecule has 0 spiro atoms. The quantitative estimate of drug-likeness (QED) is 0.649. The minimum absolute atomic E-state index is 0.559. The van der Waals surface area contributed by atoms with E-state index in [9.17, 15) is 26.3 Å². The molecule has 1 fully saturated rings. The number of hydrogen-bond donors (Lipinski definition) is 3. The molecule has 0 aromatic rings. The molecule has 12 heteroatoms. The topological polar surface area (TPSA) is 89.9 Å². The van der Waals surface area contributed by atoms with Gasteiger partial charge < -0.3 is 20.4 Å². The first-order chi connectivity index (χ1) is 10.0. The van der Waals surface area contributed by atoms with Crippen molar-refractivity contribution in [2.24, 2.45) is 5.41 Å². The molecule has 138 valence electrons. The summed E-state index contributed by atoms with van der Waals surface area (Å²) in [5, 5.41) is 17.5. The van der Waals surface area contributed by atoms with Crippen LogP contribution in [0.5, 0.6) is 0 Å². The maximum absolute atomic E-state index is 10.6. The molecular weight excluding hydrogens is 338 g/mol. The average molecular weight is 356 g/mol. The van der Waals surface area contributed by atoms with Gasteiger partial charge in [-0.2, -0.15) is 26.3 Å². The Morgan fingerprint density at radius 2 is 1.26 bits per heavy atom. The zero-order valence-corrected chi connectivity index (χ0v) is 12.5. The van der Waals surface area contributed by atoms with Gasteiger partial charge >= 0.3 is 24.3 Å². The maximum atomic E-state index is 10.6. The molecule has 0 aromatic heterocycles. The first-order valence-corrected chi connectivity index (χ1v) is 5.97. The summed E-state index contributed by atoms with van der Waals surface area (Å²) in [6, 6.07) is 0. The number of nitrogens with zero attached hydrogens (tertiary/aromatic N) is 1. The number of carboxylic acids is 2. The summed E-state index contributed by atoms with van der Waals surface area (Å²) in [4.78, 5) is 20.0. The summed E-state index contributed by atoms with van der Waals surface area (Å²) in [7, 11) is 4.26. The molecule has 0 radical (unpaired) electrons. The third-order valence-corrected chi connectivity index (χ3v) is 2.29. The van der Waals surface area contributed by atoms with Gasteiger partial charge in [0.2, 0.25) is 0 Å². The molecule has 0 saturated carbocycles. The standard InChI is InChI=1S/C7H16N2.2C2HF3O2/c1-7(4-8-5-7)6-9(2)3;2*3-2(4,5)1(6)7/h8H,4-6H2,1-3H3;2*(H,6,7). The van der Waals surface area contributed by atoms with Crippen molar-refractivity contribution in [3.63, 3.8) is 0 Å². The molecule has 0 atom stereocenters. The minimum atomic E-state index is -5.08. The van der Waals surface area contributed by atoms with Crippen LogP contribution in [0.15, 0.2) is 0 Å². The number of carboxylic acid groups (broad SMARTS) is 2. The van der Waals surface area contributed by atoms with Gasteiger partial charge in [0.05, 0.1) is 0 Å². The van der Waals surface area contributed by atoms with Gasteiger partial charge in [-0.3, -0.25) is 0 Å². The molecule has 1 heterocycles. The van der Waals surface area contributed by atoms with Gasteiger partial charge in [0, 0.05) is 25.0 Å². The second kappa shape index (κ2) is 8.91. The number of hydrogen-bond acceptors (Lipinski definition) is 4. The Hall–Kier alpha value is -1.56. The van der Waals surface area contributed by atoms with E-state index < -0.39 is 24.3 Å². The highest BCUT2D eigenvalue weighted by atomic mass is 19.4. The van der Waals surface area contributed by atoms with Crippen LogP contribution in [0.1, 0.15) is 6.92 Å². The monoisotopic (exact) mass is 356 g/mol. The molecule has 1 saturated heterocycles. The van der Waals surface area contributed by atoms with E-state index in [1.165, 1.54) is 19.6 Å². The molecule has 23 heavy (non-hydrogen) atoms. The van der Waals surface area contributed by atoms with Gasteiger partial charge in [0.25, 0.3) is 0 Å². The number of halogens is 6. The first-order valence-electron chi connectivity index (χ1n) is 5.97. The summed E-state index contributed by atoms with van der Waals surface area (Å²) in [6.45, 7) is 5.90. The fourth-order valence-electron chi connectivity index (χ4n) is 1.43. The lowest BCUT2D eigenvalue weighted by atomic mass is 9.84. The van der Waals surface area contributed by atoms with E-state index in [1.54, 1.807) is 0 Å². The predicted molar refractivity (Wildman–Crippen MR) is 66.9 cm³/mol. The lowest BCUT2D eigenvalue weighted by Gasteiger charge is -2.41. The highest BCUT2D eigenvalue weighted by Crippen LogP contribution is 2.21. The summed E-state index contributed by atoms with van der Waals surface area (Å²) in [5.41, 5.74) is 0.559. The number of nitrogens with one attached hydrogen (secondary N) is 1. The summed E-state index contributed by atoms with van der Waals surface area (Å²) in [6.07, 6.45) is -10.2. The van der Waals surface area contributed by atoms with Crippen LogP contribution in [-0.2, 0) is 9.59 Å². The van der Waals surface area contributed by atoms with Crippen LogP contribution in [-0.4, -0.2) is 73.1 Å². The van der Waals surface area contributed by atoms with Crippen LogP contribution in [0.3, 0.4) is 0 Å². The van der Waals surface area contributed by atoms with Crippen LogP contribution in [0.25, 0.3) is 0 Å². The van der Waals surface area contributed by atoms with E-state index >= 15 is 0 Å². The fraction of sp³-hybridized carbons (Fsp3) is 0.818. The summed E-state index contributed by atoms with van der Waals surface area (Å²) < 4.78 is 63.5. The Labute approximate surface area is 128 Å². The van der Waals surface area contributed by atoms with Gasteiger partial charge in [0.1, 0.15) is 0 Å². The highest BCUT2D eigenvalue weighted by molar-refractivity contribution is 5.73. The molecule has 0 bridgehead atoms. The molecule has 3 N–H and O–H groups in total. The Balaban J connectivity index is 0. The van der Waals surface area contributed by atoms with E-state index in [-0.39, 0.29) is 0 Å². The zero-order valence-electron chi connectivity index (χ0n) is 12.5. The number of rotatable bonds is 2. The van der Waals surface area contributed by atoms with Crippen molar-refractivity contribution < 1.29 is 46.1 Å². The maximum Gasteiger partial charge on any atom is 0.490 e. The van der Waals surface area contributed by atoms with Gasteiger partial charge in [0.15, 0.2) is 0 Å². The molecule has 0 unspecified atom stereocenters. The molecule has 0 aliphatic carbocycles. The highest BCUT2D eigenvalue weighted by Gasteiger charge is 2.38. The minimum Gasteiger partial charge on any atom is -0.475 e. The summed E-state index contributed by atoms with van der Waals surface area (Å²) in [5.74, 6) is -5.51. The van der Waals surface area contributed by atoms with E-state index in [1.807, 2.05) is 0 Å². The van der Waals surface area contributed by atoms with Crippen molar-refractivity contribution >= 4 is 11.9 Å². The fourth-order valence-corrected chi connectivity index (χ4v) is 1.43.